The minimum absolute atomic E-state index is 0.0975. The van der Waals surface area contributed by atoms with Crippen molar-refractivity contribution in [3.05, 3.63) is 41.6 Å². The summed E-state index contributed by atoms with van der Waals surface area (Å²) >= 11 is 0. The minimum Gasteiger partial charge on any atom is -0.339 e. The highest BCUT2D eigenvalue weighted by Gasteiger charge is 2.21. The second kappa shape index (κ2) is 7.18. The lowest BCUT2D eigenvalue weighted by atomic mass is 10.2. The molecule has 0 spiro atoms. The number of carbonyl (C=O) groups is 1. The van der Waals surface area contributed by atoms with Crippen LogP contribution < -0.4 is 10.2 Å². The molecule has 0 bridgehead atoms. The van der Waals surface area contributed by atoms with Gasteiger partial charge < -0.3 is 15.1 Å². The second-order valence-corrected chi connectivity index (χ2v) is 5.97. The van der Waals surface area contributed by atoms with Gasteiger partial charge in [0.15, 0.2) is 0 Å². The Balaban J connectivity index is 1.80. The Hall–Kier alpha value is -3.14. The Labute approximate surface area is 146 Å². The fourth-order valence-electron chi connectivity index (χ4n) is 2.81. The van der Waals surface area contributed by atoms with Crippen LogP contribution in [0.4, 0.5) is 17.5 Å². The first-order valence-corrected chi connectivity index (χ1v) is 8.19. The van der Waals surface area contributed by atoms with E-state index in [1.54, 1.807) is 13.0 Å². The number of para-hydroxylation sites is 1. The van der Waals surface area contributed by atoms with Crippen molar-refractivity contribution < 1.29 is 4.79 Å². The zero-order valence-electron chi connectivity index (χ0n) is 14.4. The maximum atomic E-state index is 11.5. The molecule has 1 N–H and O–H groups in total. The van der Waals surface area contributed by atoms with Gasteiger partial charge in [0, 0.05) is 44.9 Å². The Morgan fingerprint density at radius 3 is 2.60 bits per heavy atom. The van der Waals surface area contributed by atoms with Crippen LogP contribution in [0.2, 0.25) is 0 Å². The van der Waals surface area contributed by atoms with E-state index in [0.29, 0.717) is 43.5 Å². The predicted octanol–water partition coefficient (Wildman–Crippen LogP) is 2.07. The van der Waals surface area contributed by atoms with E-state index in [1.165, 1.54) is 0 Å². The monoisotopic (exact) mass is 336 g/mol. The molecular formula is C18H20N6O. The number of nitrogens with one attached hydrogen (secondary N) is 1. The van der Waals surface area contributed by atoms with Crippen molar-refractivity contribution in [1.29, 1.82) is 5.26 Å². The molecule has 1 aromatic heterocycles. The van der Waals surface area contributed by atoms with Gasteiger partial charge in [-0.25, -0.2) is 4.98 Å². The largest absolute Gasteiger partial charge is 0.339 e. The molecule has 7 nitrogen and oxygen atoms in total. The summed E-state index contributed by atoms with van der Waals surface area (Å²) in [6, 6.07) is 11.3. The normalized spacial score (nSPS) is 14.1. The van der Waals surface area contributed by atoms with Gasteiger partial charge in [-0.3, -0.25) is 4.79 Å². The summed E-state index contributed by atoms with van der Waals surface area (Å²) in [6.45, 7) is 6.26. The van der Waals surface area contributed by atoms with Gasteiger partial charge >= 0.3 is 0 Å². The average molecular weight is 336 g/mol. The van der Waals surface area contributed by atoms with Gasteiger partial charge in [-0.05, 0) is 19.1 Å². The van der Waals surface area contributed by atoms with Crippen LogP contribution in [0, 0.1) is 18.3 Å². The molecule has 1 aliphatic heterocycles. The average Bonchev–Trinajstić information content (AvgIpc) is 2.62. The molecule has 1 aromatic carbocycles. The molecule has 128 valence electrons. The maximum absolute atomic E-state index is 11.5. The summed E-state index contributed by atoms with van der Waals surface area (Å²) < 4.78 is 0. The third kappa shape index (κ3) is 3.86. The number of anilines is 3. The molecule has 0 atom stereocenters. The first-order valence-electron chi connectivity index (χ1n) is 8.19. The van der Waals surface area contributed by atoms with E-state index in [9.17, 15) is 10.1 Å². The molecule has 0 unspecified atom stereocenters. The van der Waals surface area contributed by atoms with Crippen LogP contribution in [0.25, 0.3) is 0 Å². The molecule has 1 amide bonds. The Morgan fingerprint density at radius 1 is 1.20 bits per heavy atom. The quantitative estimate of drug-likeness (QED) is 0.923. The highest BCUT2D eigenvalue weighted by atomic mass is 16.2. The number of piperazine rings is 1. The first-order chi connectivity index (χ1) is 12.1. The second-order valence-electron chi connectivity index (χ2n) is 5.97. The lowest BCUT2D eigenvalue weighted by Crippen LogP contribution is -2.48. The molecule has 2 aromatic rings. The van der Waals surface area contributed by atoms with Gasteiger partial charge in [0.2, 0.25) is 11.9 Å². The molecule has 1 aliphatic rings. The van der Waals surface area contributed by atoms with Crippen LogP contribution >= 0.6 is 0 Å². The van der Waals surface area contributed by atoms with E-state index < -0.39 is 0 Å². The van der Waals surface area contributed by atoms with Crippen molar-refractivity contribution in [1.82, 2.24) is 14.9 Å². The van der Waals surface area contributed by atoms with Crippen molar-refractivity contribution in [3.63, 3.8) is 0 Å². The summed E-state index contributed by atoms with van der Waals surface area (Å²) in [5, 5.41) is 12.4. The van der Waals surface area contributed by atoms with Crippen LogP contribution in [-0.2, 0) is 4.79 Å². The summed E-state index contributed by atoms with van der Waals surface area (Å²) in [4.78, 5) is 24.5. The predicted molar refractivity (Wildman–Crippen MR) is 95.7 cm³/mol. The summed E-state index contributed by atoms with van der Waals surface area (Å²) in [5.74, 6) is 1.39. The smallest absolute Gasteiger partial charge is 0.227 e. The van der Waals surface area contributed by atoms with E-state index in [0.717, 1.165) is 11.4 Å². The molecule has 0 radical (unpaired) electrons. The lowest BCUT2D eigenvalue weighted by Gasteiger charge is -2.34. The van der Waals surface area contributed by atoms with Crippen LogP contribution in [0.1, 0.15) is 18.2 Å². The number of hydrogen-bond donors (Lipinski definition) is 1. The molecule has 0 saturated carbocycles. The van der Waals surface area contributed by atoms with Gasteiger partial charge in [0.1, 0.15) is 11.9 Å². The summed E-state index contributed by atoms with van der Waals surface area (Å²) in [6.07, 6.45) is 0. The van der Waals surface area contributed by atoms with Crippen molar-refractivity contribution in [2.24, 2.45) is 0 Å². The number of carbonyl (C=O) groups excluding carboxylic acids is 1. The van der Waals surface area contributed by atoms with Crippen molar-refractivity contribution in [3.8, 4) is 6.07 Å². The van der Waals surface area contributed by atoms with Gasteiger partial charge in [-0.1, -0.05) is 12.1 Å². The SMILES string of the molecule is CC(=O)N1CCN(c2nc(C)cc(Nc3ccccc3C#N)n2)CC1. The Bertz CT molecular complexity index is 821. The number of rotatable bonds is 3. The summed E-state index contributed by atoms with van der Waals surface area (Å²) in [5.41, 5.74) is 2.13. The Morgan fingerprint density at radius 2 is 1.92 bits per heavy atom. The molecule has 2 heterocycles. The van der Waals surface area contributed by atoms with Crippen LogP contribution in [0.15, 0.2) is 30.3 Å². The van der Waals surface area contributed by atoms with Gasteiger partial charge in [-0.15, -0.1) is 0 Å². The Kier molecular flexibility index (Phi) is 4.80. The minimum atomic E-state index is 0.0975. The number of aromatic nitrogens is 2. The topological polar surface area (TPSA) is 85.2 Å². The molecule has 7 heteroatoms. The third-order valence-corrected chi connectivity index (χ3v) is 4.16. The zero-order valence-corrected chi connectivity index (χ0v) is 14.4. The van der Waals surface area contributed by atoms with Gasteiger partial charge in [0.25, 0.3) is 0 Å². The number of hydrogen-bond acceptors (Lipinski definition) is 6. The molecule has 0 aliphatic carbocycles. The van der Waals surface area contributed by atoms with E-state index in [2.05, 4.69) is 26.3 Å². The van der Waals surface area contributed by atoms with Crippen molar-refractivity contribution in [2.75, 3.05) is 36.4 Å². The standard InChI is InChI=1S/C18H20N6O/c1-13-11-17(21-16-6-4-3-5-15(16)12-19)22-18(20-13)24-9-7-23(8-10-24)14(2)25/h3-6,11H,7-10H2,1-2H3,(H,20,21,22). The summed E-state index contributed by atoms with van der Waals surface area (Å²) in [7, 11) is 0. The van der Waals surface area contributed by atoms with Crippen molar-refractivity contribution in [2.45, 2.75) is 13.8 Å². The lowest BCUT2D eigenvalue weighted by molar-refractivity contribution is -0.129. The number of aryl methyl sites for hydroxylation is 1. The number of nitriles is 1. The van der Waals surface area contributed by atoms with E-state index in [-0.39, 0.29) is 5.91 Å². The molecular weight excluding hydrogens is 316 g/mol. The number of nitrogens with zero attached hydrogens (tertiary/aromatic N) is 5. The van der Waals surface area contributed by atoms with Gasteiger partial charge in [-0.2, -0.15) is 10.2 Å². The molecule has 25 heavy (non-hydrogen) atoms. The van der Waals surface area contributed by atoms with Crippen molar-refractivity contribution >= 4 is 23.4 Å². The van der Waals surface area contributed by atoms with Crippen LogP contribution in [0.3, 0.4) is 0 Å². The highest BCUT2D eigenvalue weighted by molar-refractivity contribution is 5.73. The molecule has 3 rings (SSSR count). The fraction of sp³-hybridized carbons (Fsp3) is 0.333. The van der Waals surface area contributed by atoms with Gasteiger partial charge in [0.05, 0.1) is 11.3 Å². The zero-order chi connectivity index (χ0) is 17.8. The maximum Gasteiger partial charge on any atom is 0.227 e. The highest BCUT2D eigenvalue weighted by Crippen LogP contribution is 2.21. The van der Waals surface area contributed by atoms with Crippen LogP contribution in [0.5, 0.6) is 0 Å². The molecule has 1 saturated heterocycles. The number of amides is 1. The first kappa shape index (κ1) is 16.7. The molecule has 1 fully saturated rings. The van der Waals surface area contributed by atoms with E-state index in [4.69, 9.17) is 0 Å². The number of benzene rings is 1. The van der Waals surface area contributed by atoms with Crippen LogP contribution in [-0.4, -0.2) is 47.0 Å². The van der Waals surface area contributed by atoms with E-state index in [1.807, 2.05) is 36.1 Å². The fourth-order valence-corrected chi connectivity index (χ4v) is 2.81. The third-order valence-electron chi connectivity index (χ3n) is 4.16. The van der Waals surface area contributed by atoms with E-state index >= 15 is 0 Å².